The summed E-state index contributed by atoms with van der Waals surface area (Å²) >= 11 is 5.51. The quantitative estimate of drug-likeness (QED) is 0.734. The molecule has 0 saturated heterocycles. The smallest absolute Gasteiger partial charge is 0.417 e. The van der Waals surface area contributed by atoms with Gasteiger partial charge >= 0.3 is 6.18 Å². The topological polar surface area (TPSA) is 9.23 Å². The third kappa shape index (κ3) is 2.96. The highest BCUT2D eigenvalue weighted by atomic mass is 35.5. The van der Waals surface area contributed by atoms with Crippen LogP contribution < -0.4 is 4.74 Å². The van der Waals surface area contributed by atoms with Gasteiger partial charge in [-0.15, -0.1) is 0 Å². The first-order valence-electron chi connectivity index (χ1n) is 5.06. The molecule has 0 saturated carbocycles. The zero-order valence-electron chi connectivity index (χ0n) is 9.04. The average Bonchev–Trinajstić information content (AvgIpc) is 2.31. The van der Waals surface area contributed by atoms with Crippen molar-refractivity contribution in [2.24, 2.45) is 0 Å². The summed E-state index contributed by atoms with van der Waals surface area (Å²) in [5.41, 5.74) is -0.905. The van der Waals surface area contributed by atoms with Gasteiger partial charge in [-0.1, -0.05) is 29.8 Å². The van der Waals surface area contributed by atoms with E-state index in [0.717, 1.165) is 6.07 Å². The maximum atomic E-state index is 12.6. The lowest BCUT2D eigenvalue weighted by Gasteiger charge is -2.11. The Morgan fingerprint density at radius 1 is 0.889 bits per heavy atom. The number of halogens is 4. The van der Waals surface area contributed by atoms with Crippen LogP contribution in [-0.2, 0) is 6.18 Å². The fraction of sp³-hybridized carbons (Fsp3) is 0.0769. The van der Waals surface area contributed by atoms with Crippen molar-refractivity contribution >= 4 is 11.6 Å². The van der Waals surface area contributed by atoms with Gasteiger partial charge in [0.1, 0.15) is 11.5 Å². The third-order valence-electron chi connectivity index (χ3n) is 2.22. The molecule has 0 heterocycles. The zero-order chi connectivity index (χ0) is 13.2. The molecule has 0 aromatic heterocycles. The molecule has 0 fully saturated rings. The molecule has 1 nitrogen and oxygen atoms in total. The summed E-state index contributed by atoms with van der Waals surface area (Å²) in [4.78, 5) is 0. The molecule has 2 rings (SSSR count). The molecule has 0 N–H and O–H groups in total. The van der Waals surface area contributed by atoms with Crippen LogP contribution in [0.3, 0.4) is 0 Å². The molecule has 0 aliphatic heterocycles. The molecule has 0 atom stereocenters. The number of rotatable bonds is 2. The van der Waals surface area contributed by atoms with Crippen LogP contribution in [0.15, 0.2) is 48.5 Å². The van der Waals surface area contributed by atoms with Gasteiger partial charge in [-0.25, -0.2) is 0 Å². The van der Waals surface area contributed by atoms with Crippen molar-refractivity contribution in [1.82, 2.24) is 0 Å². The molecule has 0 amide bonds. The van der Waals surface area contributed by atoms with E-state index < -0.39 is 11.7 Å². The minimum absolute atomic E-state index is 0.0953. The van der Waals surface area contributed by atoms with E-state index in [4.69, 9.17) is 16.3 Å². The monoisotopic (exact) mass is 272 g/mol. The number of ether oxygens (including phenoxy) is 1. The van der Waals surface area contributed by atoms with E-state index in [0.29, 0.717) is 5.75 Å². The Labute approximate surface area is 107 Å². The Morgan fingerprint density at radius 2 is 1.56 bits per heavy atom. The van der Waals surface area contributed by atoms with E-state index in [1.165, 1.54) is 12.1 Å². The molecule has 0 bridgehead atoms. The number of alkyl halides is 3. The van der Waals surface area contributed by atoms with Crippen LogP contribution in [0.4, 0.5) is 13.2 Å². The third-order valence-corrected chi connectivity index (χ3v) is 2.55. The van der Waals surface area contributed by atoms with Crippen molar-refractivity contribution in [2.45, 2.75) is 6.18 Å². The van der Waals surface area contributed by atoms with E-state index in [1.807, 2.05) is 0 Å². The van der Waals surface area contributed by atoms with E-state index in [9.17, 15) is 13.2 Å². The molecular formula is C13H8ClF3O. The van der Waals surface area contributed by atoms with Gasteiger partial charge < -0.3 is 4.74 Å². The Morgan fingerprint density at radius 3 is 2.17 bits per heavy atom. The second-order valence-corrected chi connectivity index (χ2v) is 3.96. The van der Waals surface area contributed by atoms with Gasteiger partial charge in [-0.2, -0.15) is 13.2 Å². The molecule has 0 unspecified atom stereocenters. The second-order valence-electron chi connectivity index (χ2n) is 3.55. The first-order chi connectivity index (χ1) is 8.47. The lowest BCUT2D eigenvalue weighted by atomic mass is 10.2. The Hall–Kier alpha value is -1.68. The largest absolute Gasteiger partial charge is 0.457 e. The molecule has 5 heteroatoms. The van der Waals surface area contributed by atoms with E-state index in [-0.39, 0.29) is 10.8 Å². The van der Waals surface area contributed by atoms with Crippen molar-refractivity contribution in [3.8, 4) is 11.5 Å². The molecule has 0 aliphatic rings. The van der Waals surface area contributed by atoms with Crippen molar-refractivity contribution < 1.29 is 17.9 Å². The van der Waals surface area contributed by atoms with Crippen LogP contribution in [0.2, 0.25) is 5.02 Å². The fourth-order valence-corrected chi connectivity index (χ4v) is 1.63. The van der Waals surface area contributed by atoms with Crippen molar-refractivity contribution in [1.29, 1.82) is 0 Å². The standard InChI is InChI=1S/C13H8ClF3O/c14-12-7-6-10(8-11(12)13(15,16)17)18-9-4-2-1-3-5-9/h1-8H. The van der Waals surface area contributed by atoms with Crippen molar-refractivity contribution in [3.05, 3.63) is 59.1 Å². The average molecular weight is 273 g/mol. The van der Waals surface area contributed by atoms with Crippen LogP contribution in [0, 0.1) is 0 Å². The normalized spacial score (nSPS) is 11.3. The minimum Gasteiger partial charge on any atom is -0.457 e. The summed E-state index contributed by atoms with van der Waals surface area (Å²) in [5.74, 6) is 0.561. The Bertz CT molecular complexity index is 538. The molecule has 94 valence electrons. The number of benzene rings is 2. The molecule has 18 heavy (non-hydrogen) atoms. The molecule has 0 aliphatic carbocycles. The Kier molecular flexibility index (Phi) is 3.48. The highest BCUT2D eigenvalue weighted by Crippen LogP contribution is 2.37. The predicted octanol–water partition coefficient (Wildman–Crippen LogP) is 5.15. The zero-order valence-corrected chi connectivity index (χ0v) is 9.79. The second kappa shape index (κ2) is 4.90. The van der Waals surface area contributed by atoms with E-state index in [2.05, 4.69) is 0 Å². The first kappa shape index (κ1) is 12.8. The van der Waals surface area contributed by atoms with E-state index in [1.54, 1.807) is 30.3 Å². The SMILES string of the molecule is FC(F)(F)c1cc(Oc2ccccc2)ccc1Cl. The maximum Gasteiger partial charge on any atom is 0.417 e. The number of hydrogen-bond acceptors (Lipinski definition) is 1. The Balaban J connectivity index is 2.31. The molecular weight excluding hydrogens is 265 g/mol. The molecule has 2 aromatic carbocycles. The van der Waals surface area contributed by atoms with Crippen molar-refractivity contribution in [3.63, 3.8) is 0 Å². The van der Waals surface area contributed by atoms with E-state index >= 15 is 0 Å². The highest BCUT2D eigenvalue weighted by molar-refractivity contribution is 6.31. The summed E-state index contributed by atoms with van der Waals surface area (Å²) in [6.45, 7) is 0. The highest BCUT2D eigenvalue weighted by Gasteiger charge is 2.33. The van der Waals surface area contributed by atoms with Gasteiger partial charge in [0, 0.05) is 0 Å². The summed E-state index contributed by atoms with van der Waals surface area (Å²) < 4.78 is 43.2. The summed E-state index contributed by atoms with van der Waals surface area (Å²) in [6, 6.07) is 12.0. The van der Waals surface area contributed by atoms with Crippen LogP contribution in [-0.4, -0.2) is 0 Å². The summed E-state index contributed by atoms with van der Waals surface area (Å²) in [6.07, 6.45) is -4.49. The predicted molar refractivity (Wildman–Crippen MR) is 63.0 cm³/mol. The maximum absolute atomic E-state index is 12.6. The number of para-hydroxylation sites is 1. The van der Waals surface area contributed by atoms with Crippen LogP contribution in [0.5, 0.6) is 11.5 Å². The van der Waals surface area contributed by atoms with Crippen LogP contribution in [0.25, 0.3) is 0 Å². The molecule has 0 radical (unpaired) electrons. The fourth-order valence-electron chi connectivity index (χ4n) is 1.41. The van der Waals surface area contributed by atoms with Crippen LogP contribution in [0.1, 0.15) is 5.56 Å². The first-order valence-corrected chi connectivity index (χ1v) is 5.44. The summed E-state index contributed by atoms with van der Waals surface area (Å²) in [7, 11) is 0. The number of hydrogen-bond donors (Lipinski definition) is 0. The minimum atomic E-state index is -4.49. The molecule has 2 aromatic rings. The van der Waals surface area contributed by atoms with Gasteiger partial charge in [0.2, 0.25) is 0 Å². The van der Waals surface area contributed by atoms with Gasteiger partial charge in [0.25, 0.3) is 0 Å². The lowest BCUT2D eigenvalue weighted by molar-refractivity contribution is -0.137. The van der Waals surface area contributed by atoms with Gasteiger partial charge in [0.05, 0.1) is 10.6 Å². The lowest BCUT2D eigenvalue weighted by Crippen LogP contribution is -2.05. The van der Waals surface area contributed by atoms with Gasteiger partial charge in [0.15, 0.2) is 0 Å². The molecule has 0 spiro atoms. The summed E-state index contributed by atoms with van der Waals surface area (Å²) in [5, 5.41) is -0.345. The van der Waals surface area contributed by atoms with Crippen LogP contribution >= 0.6 is 11.6 Å². The van der Waals surface area contributed by atoms with Crippen molar-refractivity contribution in [2.75, 3.05) is 0 Å². The van der Waals surface area contributed by atoms with Gasteiger partial charge in [-0.3, -0.25) is 0 Å². The van der Waals surface area contributed by atoms with Gasteiger partial charge in [-0.05, 0) is 30.3 Å².